The normalized spacial score (nSPS) is 42.2. The summed E-state index contributed by atoms with van der Waals surface area (Å²) in [5.41, 5.74) is 1.37. The van der Waals surface area contributed by atoms with E-state index in [0.29, 0.717) is 10.8 Å². The lowest BCUT2D eigenvalue weighted by Crippen LogP contribution is -2.26. The largest absolute Gasteiger partial charge is 0.400 e. The maximum absolute atomic E-state index is 7.00. The summed E-state index contributed by atoms with van der Waals surface area (Å²) >= 11 is 0. The lowest BCUT2D eigenvalue weighted by atomic mass is 9.71. The second-order valence-corrected chi connectivity index (χ2v) is 5.06. The minimum absolute atomic E-state index is 0.660. The number of hydrogen-bond acceptors (Lipinski definition) is 1. The molecule has 2 saturated carbocycles. The number of rotatable bonds is 0. The molecule has 1 nitrogen and oxygen atoms in total. The van der Waals surface area contributed by atoms with Gasteiger partial charge in [-0.2, -0.15) is 0 Å². The molecule has 0 spiro atoms. The van der Waals surface area contributed by atoms with Gasteiger partial charge in [0.2, 0.25) is 0 Å². The van der Waals surface area contributed by atoms with E-state index >= 15 is 0 Å². The Bertz CT molecular complexity index is 150. The first kappa shape index (κ1) is 10.0. The summed E-state index contributed by atoms with van der Waals surface area (Å²) < 4.78 is 0. The highest BCUT2D eigenvalue weighted by Crippen LogP contribution is 2.65. The van der Waals surface area contributed by atoms with Crippen molar-refractivity contribution in [1.82, 2.24) is 0 Å². The predicted molar refractivity (Wildman–Crippen MR) is 52.0 cm³/mol. The predicted octanol–water partition coefficient (Wildman–Crippen LogP) is 2.83. The van der Waals surface area contributed by atoms with Crippen LogP contribution in [0, 0.1) is 16.7 Å². The molecule has 0 aliphatic heterocycles. The molecule has 72 valence electrons. The summed E-state index contributed by atoms with van der Waals surface area (Å²) in [6, 6.07) is 0. The van der Waals surface area contributed by atoms with Crippen LogP contribution in [0.4, 0.5) is 0 Å². The lowest BCUT2D eigenvalue weighted by Gasteiger charge is -2.34. The smallest absolute Gasteiger partial charge is 0.0319 e. The van der Waals surface area contributed by atoms with E-state index < -0.39 is 0 Å². The van der Waals surface area contributed by atoms with Gasteiger partial charge >= 0.3 is 0 Å². The van der Waals surface area contributed by atoms with Gasteiger partial charge in [-0.05, 0) is 42.4 Å². The van der Waals surface area contributed by atoms with Gasteiger partial charge in [-0.3, -0.25) is 0 Å². The molecule has 1 heteroatoms. The SMILES string of the molecule is CC12CCC(CC1)C2(C)C.CO. The molecule has 0 saturated heterocycles. The molecule has 2 aliphatic rings. The van der Waals surface area contributed by atoms with Crippen molar-refractivity contribution < 1.29 is 5.11 Å². The fourth-order valence-electron chi connectivity index (χ4n) is 3.11. The summed E-state index contributed by atoms with van der Waals surface area (Å²) in [5.74, 6) is 1.05. The Hall–Kier alpha value is -0.0400. The molecule has 12 heavy (non-hydrogen) atoms. The average molecular weight is 170 g/mol. The maximum atomic E-state index is 7.00. The Morgan fingerprint density at radius 2 is 1.42 bits per heavy atom. The summed E-state index contributed by atoms with van der Waals surface area (Å²) in [6.45, 7) is 7.43. The van der Waals surface area contributed by atoms with Crippen LogP contribution in [-0.4, -0.2) is 12.2 Å². The van der Waals surface area contributed by atoms with E-state index in [9.17, 15) is 0 Å². The topological polar surface area (TPSA) is 20.2 Å². The van der Waals surface area contributed by atoms with E-state index in [0.717, 1.165) is 13.0 Å². The van der Waals surface area contributed by atoms with E-state index in [1.54, 1.807) is 0 Å². The van der Waals surface area contributed by atoms with Gasteiger partial charge in [0.05, 0.1) is 0 Å². The van der Waals surface area contributed by atoms with Crippen molar-refractivity contribution in [2.24, 2.45) is 16.7 Å². The Kier molecular flexibility index (Phi) is 2.53. The highest BCUT2D eigenvalue weighted by Gasteiger charge is 2.55. The third-order valence-electron chi connectivity index (χ3n) is 4.67. The molecule has 2 fully saturated rings. The fraction of sp³-hybridized carbons (Fsp3) is 1.00. The van der Waals surface area contributed by atoms with Crippen molar-refractivity contribution in [2.45, 2.75) is 46.5 Å². The minimum Gasteiger partial charge on any atom is -0.400 e. The van der Waals surface area contributed by atoms with Crippen LogP contribution in [0.2, 0.25) is 0 Å². The zero-order valence-electron chi connectivity index (χ0n) is 8.85. The monoisotopic (exact) mass is 170 g/mol. The molecule has 2 aliphatic carbocycles. The third kappa shape index (κ3) is 1.10. The Morgan fingerprint density at radius 3 is 1.50 bits per heavy atom. The van der Waals surface area contributed by atoms with Crippen molar-refractivity contribution in [1.29, 1.82) is 0 Å². The quantitative estimate of drug-likeness (QED) is 0.592. The maximum Gasteiger partial charge on any atom is 0.0319 e. The van der Waals surface area contributed by atoms with Gasteiger partial charge < -0.3 is 5.11 Å². The Balaban J connectivity index is 0.000000336. The van der Waals surface area contributed by atoms with Crippen molar-refractivity contribution in [3.8, 4) is 0 Å². The van der Waals surface area contributed by atoms with E-state index in [4.69, 9.17) is 5.11 Å². The van der Waals surface area contributed by atoms with Crippen LogP contribution in [-0.2, 0) is 0 Å². The number of fused-ring (bicyclic) bond motifs is 2. The first-order valence-corrected chi connectivity index (χ1v) is 5.01. The summed E-state index contributed by atoms with van der Waals surface area (Å²) in [5, 5.41) is 7.00. The van der Waals surface area contributed by atoms with Crippen molar-refractivity contribution in [3.63, 3.8) is 0 Å². The van der Waals surface area contributed by atoms with Crippen LogP contribution in [0.5, 0.6) is 0 Å². The molecule has 0 radical (unpaired) electrons. The van der Waals surface area contributed by atoms with Gasteiger partial charge in [-0.15, -0.1) is 0 Å². The van der Waals surface area contributed by atoms with Crippen molar-refractivity contribution >= 4 is 0 Å². The van der Waals surface area contributed by atoms with E-state index in [2.05, 4.69) is 20.8 Å². The summed E-state index contributed by atoms with van der Waals surface area (Å²) in [6.07, 6.45) is 5.99. The van der Waals surface area contributed by atoms with E-state index in [1.807, 2.05) is 0 Å². The van der Waals surface area contributed by atoms with Crippen LogP contribution in [0.1, 0.15) is 46.5 Å². The van der Waals surface area contributed by atoms with Crippen LogP contribution >= 0.6 is 0 Å². The lowest BCUT2D eigenvalue weighted by molar-refractivity contribution is 0.152. The third-order valence-corrected chi connectivity index (χ3v) is 4.67. The summed E-state index contributed by atoms with van der Waals surface area (Å²) in [7, 11) is 1.00. The standard InChI is InChI=1S/C10H18.CH4O/c1-9(2)8-4-6-10(9,3)7-5-8;1-2/h8H,4-7H2,1-3H3;2H,1H3. The molecule has 1 N–H and O–H groups in total. The van der Waals surface area contributed by atoms with E-state index in [-0.39, 0.29) is 0 Å². The number of aliphatic hydroxyl groups excluding tert-OH is 1. The molecule has 0 aromatic carbocycles. The van der Waals surface area contributed by atoms with Crippen molar-refractivity contribution in [2.75, 3.05) is 7.11 Å². The highest BCUT2D eigenvalue weighted by atomic mass is 16.2. The summed E-state index contributed by atoms with van der Waals surface area (Å²) in [4.78, 5) is 0. The Morgan fingerprint density at radius 1 is 1.00 bits per heavy atom. The molecule has 0 aromatic rings. The van der Waals surface area contributed by atoms with Gasteiger partial charge in [0.15, 0.2) is 0 Å². The van der Waals surface area contributed by atoms with E-state index in [1.165, 1.54) is 25.7 Å². The molecule has 0 amide bonds. The second-order valence-electron chi connectivity index (χ2n) is 5.06. The van der Waals surface area contributed by atoms with Gasteiger partial charge in [0.25, 0.3) is 0 Å². The van der Waals surface area contributed by atoms with Crippen LogP contribution in [0.3, 0.4) is 0 Å². The van der Waals surface area contributed by atoms with Gasteiger partial charge in [0.1, 0.15) is 0 Å². The molecular formula is C11H22O. The Labute approximate surface area is 76.2 Å². The molecule has 2 rings (SSSR count). The second kappa shape index (κ2) is 3.02. The minimum atomic E-state index is 0.660. The van der Waals surface area contributed by atoms with Gasteiger partial charge in [-0.25, -0.2) is 0 Å². The first-order valence-electron chi connectivity index (χ1n) is 5.01. The first-order chi connectivity index (χ1) is 5.56. The van der Waals surface area contributed by atoms with Gasteiger partial charge in [-0.1, -0.05) is 20.8 Å². The zero-order valence-corrected chi connectivity index (χ0v) is 8.85. The molecule has 2 bridgehead atoms. The van der Waals surface area contributed by atoms with Crippen LogP contribution < -0.4 is 0 Å². The molecule has 0 aromatic heterocycles. The molecule has 0 atom stereocenters. The number of aliphatic hydroxyl groups is 1. The van der Waals surface area contributed by atoms with Crippen molar-refractivity contribution in [3.05, 3.63) is 0 Å². The molecular weight excluding hydrogens is 148 g/mol. The molecule has 0 unspecified atom stereocenters. The zero-order chi connectivity index (χ0) is 9.41. The highest BCUT2D eigenvalue weighted by molar-refractivity contribution is 5.05. The van der Waals surface area contributed by atoms with Crippen LogP contribution in [0.25, 0.3) is 0 Å². The average Bonchev–Trinajstić information content (AvgIpc) is 2.40. The fourth-order valence-corrected chi connectivity index (χ4v) is 3.11. The van der Waals surface area contributed by atoms with Gasteiger partial charge in [0, 0.05) is 7.11 Å². The van der Waals surface area contributed by atoms with Crippen LogP contribution in [0.15, 0.2) is 0 Å². The molecule has 0 heterocycles. The number of hydrogen-bond donors (Lipinski definition) is 1.